The van der Waals surface area contributed by atoms with Gasteiger partial charge in [0, 0.05) is 11.6 Å². The summed E-state index contributed by atoms with van der Waals surface area (Å²) in [5.74, 6) is 0.726. The number of rotatable bonds is 8. The van der Waals surface area contributed by atoms with Crippen molar-refractivity contribution in [1.82, 2.24) is 15.2 Å². The van der Waals surface area contributed by atoms with Crippen molar-refractivity contribution in [1.29, 1.82) is 0 Å². The van der Waals surface area contributed by atoms with Crippen LogP contribution >= 0.6 is 11.3 Å². The Morgan fingerprint density at radius 1 is 1.09 bits per heavy atom. The Balaban J connectivity index is 1.89. The lowest BCUT2D eigenvalue weighted by molar-refractivity contribution is 0.0697. The first-order valence-electron chi connectivity index (χ1n) is 10.7. The molecular weight excluding hydrogens is 452 g/mol. The number of anilines is 3. The largest absolute Gasteiger partial charge is 0.497 e. The second-order valence-electron chi connectivity index (χ2n) is 7.72. The van der Waals surface area contributed by atoms with Crippen LogP contribution in [0.25, 0.3) is 10.6 Å². The van der Waals surface area contributed by atoms with Crippen molar-refractivity contribution in [3.63, 3.8) is 0 Å². The Hall–Kier alpha value is -3.85. The van der Waals surface area contributed by atoms with Crippen LogP contribution in [0.3, 0.4) is 0 Å². The predicted octanol–water partition coefficient (Wildman–Crippen LogP) is 5.90. The second kappa shape index (κ2) is 9.56. The number of aryl methyl sites for hydroxylation is 3. The van der Waals surface area contributed by atoms with Gasteiger partial charge in [0.2, 0.25) is 5.88 Å². The fourth-order valence-corrected chi connectivity index (χ4v) is 4.93. The summed E-state index contributed by atoms with van der Waals surface area (Å²) in [6.45, 7) is 6.10. The number of aromatic carboxylic acids is 1. The van der Waals surface area contributed by atoms with Crippen LogP contribution in [0.5, 0.6) is 11.6 Å². The monoisotopic (exact) mass is 478 g/mol. The molecule has 0 saturated carbocycles. The third-order valence-corrected chi connectivity index (χ3v) is 6.81. The van der Waals surface area contributed by atoms with E-state index < -0.39 is 5.97 Å². The molecule has 0 aliphatic heterocycles. The molecule has 0 fully saturated rings. The highest BCUT2D eigenvalue weighted by atomic mass is 32.1. The van der Waals surface area contributed by atoms with Crippen LogP contribution in [-0.2, 0) is 6.42 Å². The van der Waals surface area contributed by atoms with Gasteiger partial charge < -0.3 is 14.6 Å². The molecule has 0 spiro atoms. The highest BCUT2D eigenvalue weighted by Crippen LogP contribution is 2.42. The molecule has 8 nitrogen and oxygen atoms in total. The summed E-state index contributed by atoms with van der Waals surface area (Å²) in [5, 5.41) is 17.9. The Morgan fingerprint density at radius 3 is 2.47 bits per heavy atom. The average molecular weight is 479 g/mol. The highest BCUT2D eigenvalue weighted by molar-refractivity contribution is 7.15. The van der Waals surface area contributed by atoms with Gasteiger partial charge in [0.05, 0.1) is 42.2 Å². The van der Waals surface area contributed by atoms with Crippen LogP contribution in [0.4, 0.5) is 17.2 Å². The molecular formula is C25H26N4O4S. The Labute approximate surface area is 201 Å². The van der Waals surface area contributed by atoms with Gasteiger partial charge in [-0.2, -0.15) is 5.10 Å². The number of aromatic amines is 1. The van der Waals surface area contributed by atoms with E-state index in [-0.39, 0.29) is 5.56 Å². The standard InChI is InChI=1S/C25H26N4O4S/c1-6-21-23(33-5)27-24(34-21)17-11-15(3)20(12-14(17)2)29(22-9-10-26-28-22)19-8-7-16(32-4)13-18(19)25(30)31/h7-13H,6H2,1-5H3,(H,26,28)(H,30,31). The van der Waals surface area contributed by atoms with Crippen LogP contribution in [0.1, 0.15) is 33.3 Å². The number of H-pyrrole nitrogens is 1. The van der Waals surface area contributed by atoms with Crippen LogP contribution in [0.15, 0.2) is 42.6 Å². The van der Waals surface area contributed by atoms with E-state index in [2.05, 4.69) is 28.2 Å². The van der Waals surface area contributed by atoms with E-state index in [1.54, 1.807) is 42.8 Å². The molecule has 0 saturated heterocycles. The fraction of sp³-hybridized carbons (Fsp3) is 0.240. The molecule has 0 aliphatic rings. The van der Waals surface area contributed by atoms with E-state index in [0.29, 0.717) is 23.1 Å². The number of ether oxygens (including phenoxy) is 2. The molecule has 4 aromatic rings. The van der Waals surface area contributed by atoms with Gasteiger partial charge in [-0.25, -0.2) is 9.78 Å². The van der Waals surface area contributed by atoms with E-state index in [1.165, 1.54) is 13.2 Å². The number of aromatic nitrogens is 3. The van der Waals surface area contributed by atoms with Crippen LogP contribution < -0.4 is 14.4 Å². The van der Waals surface area contributed by atoms with Gasteiger partial charge in [0.1, 0.15) is 16.6 Å². The topological polar surface area (TPSA) is 101 Å². The minimum absolute atomic E-state index is 0.118. The number of hydrogen-bond acceptors (Lipinski definition) is 7. The van der Waals surface area contributed by atoms with Gasteiger partial charge in [0.25, 0.3) is 0 Å². The average Bonchev–Trinajstić information content (AvgIpc) is 3.51. The quantitative estimate of drug-likeness (QED) is 0.325. The van der Waals surface area contributed by atoms with E-state index >= 15 is 0 Å². The maximum Gasteiger partial charge on any atom is 0.337 e. The molecule has 0 atom stereocenters. The van der Waals surface area contributed by atoms with E-state index in [4.69, 9.17) is 9.47 Å². The van der Waals surface area contributed by atoms with Gasteiger partial charge in [-0.1, -0.05) is 6.92 Å². The predicted molar refractivity (Wildman–Crippen MR) is 133 cm³/mol. The summed E-state index contributed by atoms with van der Waals surface area (Å²) >= 11 is 1.62. The number of nitrogens with one attached hydrogen (secondary N) is 1. The second-order valence-corrected chi connectivity index (χ2v) is 8.81. The summed E-state index contributed by atoms with van der Waals surface area (Å²) in [6.07, 6.45) is 2.48. The molecule has 2 aromatic heterocycles. The first-order chi connectivity index (χ1) is 16.4. The number of thiazole rings is 1. The van der Waals surface area contributed by atoms with Gasteiger partial charge in [-0.05, 0) is 61.7 Å². The Kier molecular flexibility index (Phi) is 6.56. The Bertz CT molecular complexity index is 1310. The number of carboxylic acids is 1. The van der Waals surface area contributed by atoms with Crippen molar-refractivity contribution >= 4 is 34.5 Å². The van der Waals surface area contributed by atoms with E-state index in [9.17, 15) is 9.90 Å². The molecule has 4 rings (SSSR count). The molecule has 0 amide bonds. The number of benzene rings is 2. The number of nitrogens with zero attached hydrogens (tertiary/aromatic N) is 3. The smallest absolute Gasteiger partial charge is 0.337 e. The van der Waals surface area contributed by atoms with Gasteiger partial charge >= 0.3 is 5.97 Å². The van der Waals surface area contributed by atoms with Crippen molar-refractivity contribution in [3.05, 3.63) is 64.2 Å². The summed E-state index contributed by atoms with van der Waals surface area (Å²) in [4.78, 5) is 19.8. The lowest BCUT2D eigenvalue weighted by Gasteiger charge is -2.27. The molecule has 9 heteroatoms. The van der Waals surface area contributed by atoms with Crippen molar-refractivity contribution in [2.75, 3.05) is 19.1 Å². The van der Waals surface area contributed by atoms with Crippen LogP contribution in [0, 0.1) is 13.8 Å². The number of methoxy groups -OCH3 is 2. The molecule has 2 N–H and O–H groups in total. The lowest BCUT2D eigenvalue weighted by Crippen LogP contribution is -2.16. The summed E-state index contributed by atoms with van der Waals surface area (Å²) < 4.78 is 10.7. The highest BCUT2D eigenvalue weighted by Gasteiger charge is 2.24. The zero-order chi connectivity index (χ0) is 24.4. The molecule has 0 radical (unpaired) electrons. The van der Waals surface area contributed by atoms with Crippen molar-refractivity contribution in [2.45, 2.75) is 27.2 Å². The van der Waals surface area contributed by atoms with Crippen LogP contribution in [-0.4, -0.2) is 40.5 Å². The first-order valence-corrected chi connectivity index (χ1v) is 11.6. The summed E-state index contributed by atoms with van der Waals surface area (Å²) in [5.41, 5.74) is 4.42. The van der Waals surface area contributed by atoms with Gasteiger partial charge in [-0.3, -0.25) is 10.00 Å². The molecule has 176 valence electrons. The van der Waals surface area contributed by atoms with Crippen molar-refractivity contribution in [3.8, 4) is 22.2 Å². The molecule has 2 aromatic carbocycles. The third kappa shape index (κ3) is 4.22. The molecule has 0 bridgehead atoms. The lowest BCUT2D eigenvalue weighted by atomic mass is 10.0. The zero-order valence-electron chi connectivity index (χ0n) is 19.7. The molecule has 34 heavy (non-hydrogen) atoms. The SMILES string of the molecule is CCc1sc(-c2cc(C)c(N(c3ccn[nH]3)c3ccc(OC)cc3C(=O)O)cc2C)nc1OC. The summed E-state index contributed by atoms with van der Waals surface area (Å²) in [6, 6.07) is 10.9. The minimum atomic E-state index is -1.05. The van der Waals surface area contributed by atoms with E-state index in [0.717, 1.165) is 38.7 Å². The first kappa shape index (κ1) is 23.3. The third-order valence-electron chi connectivity index (χ3n) is 5.59. The van der Waals surface area contributed by atoms with Gasteiger partial charge in [-0.15, -0.1) is 11.3 Å². The summed E-state index contributed by atoms with van der Waals surface area (Å²) in [7, 11) is 3.15. The van der Waals surface area contributed by atoms with E-state index in [1.807, 2.05) is 24.8 Å². The number of carbonyl (C=O) groups is 1. The van der Waals surface area contributed by atoms with Crippen molar-refractivity contribution < 1.29 is 19.4 Å². The van der Waals surface area contributed by atoms with Crippen molar-refractivity contribution in [2.24, 2.45) is 0 Å². The molecule has 2 heterocycles. The maximum atomic E-state index is 12.2. The van der Waals surface area contributed by atoms with Gasteiger partial charge in [0.15, 0.2) is 0 Å². The maximum absolute atomic E-state index is 12.2. The normalized spacial score (nSPS) is 10.9. The van der Waals surface area contributed by atoms with Crippen LogP contribution in [0.2, 0.25) is 0 Å². The molecule has 0 aliphatic carbocycles. The Morgan fingerprint density at radius 2 is 1.88 bits per heavy atom. The number of hydrogen-bond donors (Lipinski definition) is 2. The minimum Gasteiger partial charge on any atom is -0.497 e. The number of carboxylic acid groups (broad SMARTS) is 1. The fourth-order valence-electron chi connectivity index (χ4n) is 3.88. The molecule has 0 unspecified atom stereocenters. The zero-order valence-corrected chi connectivity index (χ0v) is 20.5.